The summed E-state index contributed by atoms with van der Waals surface area (Å²) < 4.78 is 0. The van der Waals surface area contributed by atoms with Crippen molar-refractivity contribution in [3.05, 3.63) is 36.0 Å². The van der Waals surface area contributed by atoms with Gasteiger partial charge in [0, 0.05) is 42.3 Å². The van der Waals surface area contributed by atoms with Gasteiger partial charge in [0.25, 0.3) is 0 Å². The summed E-state index contributed by atoms with van der Waals surface area (Å²) in [5.41, 5.74) is 7.74. The SMILES string of the molecule is CN1CCN(C(N)=O)C(c2c[nH]c3ccccc23)C1. The highest BCUT2D eigenvalue weighted by molar-refractivity contribution is 5.84. The maximum Gasteiger partial charge on any atom is 0.315 e. The molecule has 1 aliphatic rings. The number of likely N-dealkylation sites (N-methyl/N-ethyl adjacent to an activating group) is 1. The van der Waals surface area contributed by atoms with E-state index in [9.17, 15) is 4.79 Å². The van der Waals surface area contributed by atoms with Crippen LogP contribution < -0.4 is 5.73 Å². The van der Waals surface area contributed by atoms with E-state index in [4.69, 9.17) is 5.73 Å². The highest BCUT2D eigenvalue weighted by Gasteiger charge is 2.30. The molecule has 2 aromatic rings. The Bertz CT molecular complexity index is 606. The highest BCUT2D eigenvalue weighted by Crippen LogP contribution is 2.30. The number of carbonyl (C=O) groups excluding carboxylic acids is 1. The van der Waals surface area contributed by atoms with Crippen LogP contribution in [0.5, 0.6) is 0 Å². The molecule has 0 aliphatic carbocycles. The number of nitrogens with two attached hydrogens (primary N) is 1. The first kappa shape index (κ1) is 12.0. The zero-order valence-corrected chi connectivity index (χ0v) is 11.0. The van der Waals surface area contributed by atoms with Crippen LogP contribution in [0.4, 0.5) is 4.79 Å². The third-order valence-electron chi connectivity index (χ3n) is 3.85. The second-order valence-corrected chi connectivity index (χ2v) is 5.10. The molecule has 1 aliphatic heterocycles. The van der Waals surface area contributed by atoms with Crippen LogP contribution in [0.2, 0.25) is 0 Å². The molecule has 1 atom stereocenters. The number of hydrogen-bond acceptors (Lipinski definition) is 2. The van der Waals surface area contributed by atoms with Crippen molar-refractivity contribution in [2.45, 2.75) is 6.04 Å². The Balaban J connectivity index is 2.04. The topological polar surface area (TPSA) is 65.4 Å². The zero-order valence-electron chi connectivity index (χ0n) is 11.0. The molecule has 1 aromatic carbocycles. The number of hydrogen-bond donors (Lipinski definition) is 2. The van der Waals surface area contributed by atoms with E-state index < -0.39 is 0 Å². The molecule has 1 aromatic heterocycles. The Morgan fingerprint density at radius 3 is 2.95 bits per heavy atom. The van der Waals surface area contributed by atoms with Crippen LogP contribution in [0, 0.1) is 0 Å². The number of fused-ring (bicyclic) bond motifs is 1. The first-order valence-corrected chi connectivity index (χ1v) is 6.47. The number of nitrogens with zero attached hydrogens (tertiary/aromatic N) is 2. The molecule has 0 spiro atoms. The maximum absolute atomic E-state index is 11.6. The Hall–Kier alpha value is -2.01. The number of primary amides is 1. The molecule has 5 heteroatoms. The summed E-state index contributed by atoms with van der Waals surface area (Å²) in [7, 11) is 2.07. The average molecular weight is 258 g/mol. The predicted octanol–water partition coefficient (Wildman–Crippen LogP) is 1.54. The summed E-state index contributed by atoms with van der Waals surface area (Å²) in [4.78, 5) is 18.9. The van der Waals surface area contributed by atoms with E-state index in [1.807, 2.05) is 24.4 Å². The zero-order chi connectivity index (χ0) is 13.4. The molecule has 2 heterocycles. The predicted molar refractivity (Wildman–Crippen MR) is 74.8 cm³/mol. The number of para-hydroxylation sites is 1. The standard InChI is InChI=1S/C14H18N4O/c1-17-6-7-18(14(15)19)13(9-17)11-8-16-12-5-3-2-4-10(11)12/h2-5,8,13,16H,6-7,9H2,1H3,(H2,15,19). The molecule has 0 radical (unpaired) electrons. The number of carbonyl (C=O) groups is 1. The van der Waals surface area contributed by atoms with Crippen LogP contribution in [0.25, 0.3) is 10.9 Å². The first-order chi connectivity index (χ1) is 9.16. The molecule has 100 valence electrons. The van der Waals surface area contributed by atoms with E-state index in [2.05, 4.69) is 23.0 Å². The van der Waals surface area contributed by atoms with E-state index in [1.165, 1.54) is 0 Å². The Labute approximate surface area is 112 Å². The van der Waals surface area contributed by atoms with Gasteiger partial charge in [-0.25, -0.2) is 4.79 Å². The lowest BCUT2D eigenvalue weighted by atomic mass is 10.0. The molecule has 2 amide bonds. The van der Waals surface area contributed by atoms with Crippen LogP contribution in [-0.4, -0.2) is 47.5 Å². The lowest BCUT2D eigenvalue weighted by Gasteiger charge is -2.39. The van der Waals surface area contributed by atoms with Gasteiger partial charge in [0.15, 0.2) is 0 Å². The normalized spacial score (nSPS) is 20.9. The summed E-state index contributed by atoms with van der Waals surface area (Å²) in [6, 6.07) is 7.81. The Kier molecular flexibility index (Phi) is 2.91. The van der Waals surface area contributed by atoms with Crippen molar-refractivity contribution in [3.8, 4) is 0 Å². The monoisotopic (exact) mass is 258 g/mol. The van der Waals surface area contributed by atoms with Crippen molar-refractivity contribution in [1.82, 2.24) is 14.8 Å². The van der Waals surface area contributed by atoms with E-state index in [1.54, 1.807) is 4.90 Å². The number of H-pyrrole nitrogens is 1. The molecule has 3 N–H and O–H groups in total. The lowest BCUT2D eigenvalue weighted by molar-refractivity contribution is 0.115. The fourth-order valence-corrected chi connectivity index (χ4v) is 2.82. The number of aromatic amines is 1. The molecule has 1 unspecified atom stereocenters. The maximum atomic E-state index is 11.6. The minimum Gasteiger partial charge on any atom is -0.361 e. The van der Waals surface area contributed by atoms with Gasteiger partial charge < -0.3 is 20.5 Å². The fourth-order valence-electron chi connectivity index (χ4n) is 2.82. The third kappa shape index (κ3) is 2.06. The largest absolute Gasteiger partial charge is 0.361 e. The molecule has 0 saturated carbocycles. The van der Waals surface area contributed by atoms with Gasteiger partial charge in [-0.05, 0) is 13.1 Å². The van der Waals surface area contributed by atoms with Crippen LogP contribution in [-0.2, 0) is 0 Å². The molecule has 5 nitrogen and oxygen atoms in total. The summed E-state index contributed by atoms with van der Waals surface area (Å²) in [6.07, 6.45) is 1.99. The van der Waals surface area contributed by atoms with E-state index in [-0.39, 0.29) is 12.1 Å². The Morgan fingerprint density at radius 2 is 2.16 bits per heavy atom. The molecular weight excluding hydrogens is 240 g/mol. The minimum atomic E-state index is -0.344. The average Bonchev–Trinajstić information content (AvgIpc) is 2.82. The van der Waals surface area contributed by atoms with Crippen molar-refractivity contribution < 1.29 is 4.79 Å². The summed E-state index contributed by atoms with van der Waals surface area (Å²) in [5.74, 6) is 0. The molecular formula is C14H18N4O. The van der Waals surface area contributed by atoms with E-state index in [0.29, 0.717) is 6.54 Å². The minimum absolute atomic E-state index is 0.0207. The second-order valence-electron chi connectivity index (χ2n) is 5.10. The number of urea groups is 1. The number of aromatic nitrogens is 1. The van der Waals surface area contributed by atoms with Gasteiger partial charge in [0.2, 0.25) is 0 Å². The number of rotatable bonds is 1. The lowest BCUT2D eigenvalue weighted by Crippen LogP contribution is -2.51. The molecule has 0 bridgehead atoms. The number of piperazine rings is 1. The van der Waals surface area contributed by atoms with Crippen molar-refractivity contribution in [2.24, 2.45) is 5.73 Å². The van der Waals surface area contributed by atoms with Crippen molar-refractivity contribution in [3.63, 3.8) is 0 Å². The van der Waals surface area contributed by atoms with Crippen molar-refractivity contribution in [2.75, 3.05) is 26.7 Å². The second kappa shape index (κ2) is 4.59. The van der Waals surface area contributed by atoms with Gasteiger partial charge in [-0.1, -0.05) is 18.2 Å². The van der Waals surface area contributed by atoms with E-state index >= 15 is 0 Å². The summed E-state index contributed by atoms with van der Waals surface area (Å²) in [6.45, 7) is 2.35. The molecule has 1 saturated heterocycles. The number of benzene rings is 1. The molecule has 19 heavy (non-hydrogen) atoms. The van der Waals surface area contributed by atoms with Gasteiger partial charge in [-0.2, -0.15) is 0 Å². The van der Waals surface area contributed by atoms with Crippen LogP contribution >= 0.6 is 0 Å². The van der Waals surface area contributed by atoms with Crippen LogP contribution in [0.15, 0.2) is 30.5 Å². The number of amides is 2. The van der Waals surface area contributed by atoms with Crippen molar-refractivity contribution >= 4 is 16.9 Å². The fraction of sp³-hybridized carbons (Fsp3) is 0.357. The smallest absolute Gasteiger partial charge is 0.315 e. The number of nitrogens with one attached hydrogen (secondary N) is 1. The van der Waals surface area contributed by atoms with Gasteiger partial charge in [0.1, 0.15) is 0 Å². The van der Waals surface area contributed by atoms with Crippen molar-refractivity contribution in [1.29, 1.82) is 0 Å². The summed E-state index contributed by atoms with van der Waals surface area (Å²) >= 11 is 0. The van der Waals surface area contributed by atoms with Gasteiger partial charge in [-0.15, -0.1) is 0 Å². The van der Waals surface area contributed by atoms with E-state index in [0.717, 1.165) is 29.6 Å². The highest BCUT2D eigenvalue weighted by atomic mass is 16.2. The summed E-state index contributed by atoms with van der Waals surface area (Å²) in [5, 5.41) is 1.16. The molecule has 1 fully saturated rings. The molecule has 3 rings (SSSR count). The van der Waals surface area contributed by atoms with Gasteiger partial charge in [0.05, 0.1) is 6.04 Å². The van der Waals surface area contributed by atoms with Gasteiger partial charge >= 0.3 is 6.03 Å². The van der Waals surface area contributed by atoms with Crippen LogP contribution in [0.3, 0.4) is 0 Å². The Morgan fingerprint density at radius 1 is 1.37 bits per heavy atom. The van der Waals surface area contributed by atoms with Crippen LogP contribution in [0.1, 0.15) is 11.6 Å². The quantitative estimate of drug-likeness (QED) is 0.814. The van der Waals surface area contributed by atoms with Gasteiger partial charge in [-0.3, -0.25) is 0 Å². The first-order valence-electron chi connectivity index (χ1n) is 6.47. The third-order valence-corrected chi connectivity index (χ3v) is 3.85.